The normalized spacial score (nSPS) is 10.6. The van der Waals surface area contributed by atoms with Crippen LogP contribution in [-0.4, -0.2) is 30.8 Å². The predicted molar refractivity (Wildman–Crippen MR) is 110 cm³/mol. The third-order valence-electron chi connectivity index (χ3n) is 4.43. The highest BCUT2D eigenvalue weighted by atomic mass is 32.1. The van der Waals surface area contributed by atoms with Crippen LogP contribution in [0, 0.1) is 6.92 Å². The Morgan fingerprint density at radius 2 is 1.75 bits per heavy atom. The molecule has 0 aliphatic rings. The zero-order chi connectivity index (χ0) is 20.1. The van der Waals surface area contributed by atoms with Crippen molar-refractivity contribution in [3.63, 3.8) is 0 Å². The molecule has 0 aliphatic carbocycles. The van der Waals surface area contributed by atoms with Crippen molar-refractivity contribution in [1.29, 1.82) is 0 Å². The van der Waals surface area contributed by atoms with Gasteiger partial charge < -0.3 is 10.1 Å². The Morgan fingerprint density at radius 1 is 1.04 bits per heavy atom. The fourth-order valence-electron chi connectivity index (χ4n) is 2.89. The molecule has 0 aliphatic heterocycles. The number of aryl methyl sites for hydroxylation is 1. The van der Waals surface area contributed by atoms with Crippen LogP contribution in [0.4, 0.5) is 0 Å². The van der Waals surface area contributed by atoms with Crippen molar-refractivity contribution < 1.29 is 19.1 Å². The Labute approximate surface area is 167 Å². The Hall–Kier alpha value is -2.99. The molecule has 144 valence electrons. The van der Waals surface area contributed by atoms with Crippen molar-refractivity contribution in [3.05, 3.63) is 70.1 Å². The number of benzene rings is 2. The van der Waals surface area contributed by atoms with Crippen LogP contribution in [0.1, 0.15) is 38.1 Å². The van der Waals surface area contributed by atoms with Crippen LogP contribution >= 0.6 is 11.3 Å². The lowest BCUT2D eigenvalue weighted by Crippen LogP contribution is -2.22. The summed E-state index contributed by atoms with van der Waals surface area (Å²) in [5, 5.41) is 3.76. The lowest BCUT2D eigenvalue weighted by atomic mass is 10.1. The quantitative estimate of drug-likeness (QED) is 0.486. The summed E-state index contributed by atoms with van der Waals surface area (Å²) < 4.78 is 6.27. The van der Waals surface area contributed by atoms with Gasteiger partial charge in [-0.3, -0.25) is 9.59 Å². The van der Waals surface area contributed by atoms with Crippen LogP contribution in [0.2, 0.25) is 0 Å². The second kappa shape index (κ2) is 8.80. The number of carbonyl (C=O) groups excluding carboxylic acids is 3. The molecule has 1 heterocycles. The van der Waals surface area contributed by atoms with Crippen molar-refractivity contribution in [1.82, 2.24) is 5.32 Å². The van der Waals surface area contributed by atoms with Gasteiger partial charge >= 0.3 is 5.97 Å². The minimum absolute atomic E-state index is 0.0671. The summed E-state index contributed by atoms with van der Waals surface area (Å²) in [6.45, 7) is 3.62. The van der Waals surface area contributed by atoms with Crippen molar-refractivity contribution in [2.45, 2.75) is 20.3 Å². The summed E-state index contributed by atoms with van der Waals surface area (Å²) in [6, 6.07) is 14.9. The van der Waals surface area contributed by atoms with Gasteiger partial charge in [-0.15, -0.1) is 11.3 Å². The van der Waals surface area contributed by atoms with Gasteiger partial charge in [-0.05, 0) is 35.9 Å². The molecule has 2 aromatic carbocycles. The number of amides is 1. The van der Waals surface area contributed by atoms with Gasteiger partial charge in [0.05, 0.1) is 0 Å². The highest BCUT2D eigenvalue weighted by Gasteiger charge is 2.18. The fourth-order valence-corrected chi connectivity index (χ4v) is 3.99. The number of Topliss-reactive ketones (excluding diaryl/α,β-unsaturated/α-hetero) is 1. The number of ketones is 1. The van der Waals surface area contributed by atoms with Crippen LogP contribution in [-0.2, 0) is 16.0 Å². The molecule has 0 saturated heterocycles. The van der Waals surface area contributed by atoms with Crippen LogP contribution in [0.5, 0.6) is 0 Å². The van der Waals surface area contributed by atoms with Crippen LogP contribution in [0.25, 0.3) is 10.1 Å². The molecule has 1 amide bonds. The van der Waals surface area contributed by atoms with Gasteiger partial charge in [0.15, 0.2) is 12.4 Å². The maximum Gasteiger partial charge on any atom is 0.349 e. The molecule has 3 rings (SSSR count). The van der Waals surface area contributed by atoms with E-state index in [2.05, 4.69) is 5.32 Å². The number of esters is 1. The van der Waals surface area contributed by atoms with Gasteiger partial charge in [-0.1, -0.05) is 42.5 Å². The van der Waals surface area contributed by atoms with Gasteiger partial charge in [0.25, 0.3) is 0 Å². The molecule has 0 saturated carbocycles. The molecule has 1 N–H and O–H groups in total. The van der Waals surface area contributed by atoms with Crippen molar-refractivity contribution in [2.75, 3.05) is 13.2 Å². The molecule has 0 spiro atoms. The smallest absolute Gasteiger partial charge is 0.349 e. The number of fused-ring (bicyclic) bond motifs is 1. The number of ether oxygens (including phenoxy) is 1. The average Bonchev–Trinajstić information content (AvgIpc) is 3.03. The molecule has 0 bridgehead atoms. The van der Waals surface area contributed by atoms with Crippen molar-refractivity contribution in [2.24, 2.45) is 0 Å². The number of carbonyl (C=O) groups is 3. The summed E-state index contributed by atoms with van der Waals surface area (Å²) >= 11 is 1.38. The summed E-state index contributed by atoms with van der Waals surface area (Å²) in [7, 11) is 0. The molecular weight excluding hydrogens is 374 g/mol. The Morgan fingerprint density at radius 3 is 2.43 bits per heavy atom. The van der Waals surface area contributed by atoms with Crippen LogP contribution in [0.3, 0.4) is 0 Å². The SMILES string of the molecule is CC(=O)NCCc1ccc(C(=O)COC(=O)c2sc3ccccc3c2C)cc1. The van der Waals surface area contributed by atoms with E-state index in [0.717, 1.165) is 21.2 Å². The van der Waals surface area contributed by atoms with Gasteiger partial charge in [-0.2, -0.15) is 0 Å². The first-order valence-corrected chi connectivity index (χ1v) is 9.79. The second-order valence-electron chi connectivity index (χ2n) is 6.48. The van der Waals surface area contributed by atoms with Crippen molar-refractivity contribution in [3.8, 4) is 0 Å². The minimum atomic E-state index is -0.473. The number of thiophene rings is 1. The first kappa shape index (κ1) is 19.8. The molecular formula is C22H21NO4S. The Kier molecular flexibility index (Phi) is 6.21. The first-order chi connectivity index (χ1) is 13.5. The molecule has 5 nitrogen and oxygen atoms in total. The Balaban J connectivity index is 1.58. The van der Waals surface area contributed by atoms with E-state index in [-0.39, 0.29) is 18.3 Å². The largest absolute Gasteiger partial charge is 0.453 e. The van der Waals surface area contributed by atoms with E-state index in [4.69, 9.17) is 4.74 Å². The van der Waals surface area contributed by atoms with E-state index in [1.165, 1.54) is 18.3 Å². The predicted octanol–water partition coefficient (Wildman–Crippen LogP) is 3.93. The van der Waals surface area contributed by atoms with E-state index < -0.39 is 5.97 Å². The summed E-state index contributed by atoms with van der Waals surface area (Å²) in [5.41, 5.74) is 2.38. The number of nitrogens with one attached hydrogen (secondary N) is 1. The zero-order valence-electron chi connectivity index (χ0n) is 15.8. The van der Waals surface area contributed by atoms with E-state index in [0.29, 0.717) is 23.4 Å². The highest BCUT2D eigenvalue weighted by Crippen LogP contribution is 2.31. The van der Waals surface area contributed by atoms with Crippen molar-refractivity contribution >= 4 is 39.1 Å². The molecule has 0 fully saturated rings. The van der Waals surface area contributed by atoms with Gasteiger partial charge in [0.2, 0.25) is 5.91 Å². The van der Waals surface area contributed by atoms with E-state index in [1.807, 2.05) is 43.3 Å². The monoisotopic (exact) mass is 395 g/mol. The molecule has 0 unspecified atom stereocenters. The summed E-state index contributed by atoms with van der Waals surface area (Å²) in [4.78, 5) is 36.1. The number of hydrogen-bond donors (Lipinski definition) is 1. The standard InChI is InChI=1S/C22H21NO4S/c1-14-18-5-3-4-6-20(18)28-21(14)22(26)27-13-19(25)17-9-7-16(8-10-17)11-12-23-15(2)24/h3-10H,11-13H2,1-2H3,(H,23,24). The third-order valence-corrected chi connectivity index (χ3v) is 5.68. The molecule has 6 heteroatoms. The number of rotatable bonds is 7. The topological polar surface area (TPSA) is 72.5 Å². The molecule has 28 heavy (non-hydrogen) atoms. The number of hydrogen-bond acceptors (Lipinski definition) is 5. The van der Waals surface area contributed by atoms with Gasteiger partial charge in [0, 0.05) is 23.7 Å². The lowest BCUT2D eigenvalue weighted by molar-refractivity contribution is -0.118. The van der Waals surface area contributed by atoms with E-state index in [9.17, 15) is 14.4 Å². The third kappa shape index (κ3) is 4.64. The van der Waals surface area contributed by atoms with Gasteiger partial charge in [0.1, 0.15) is 4.88 Å². The lowest BCUT2D eigenvalue weighted by Gasteiger charge is -2.06. The summed E-state index contributed by atoms with van der Waals surface area (Å²) in [6.07, 6.45) is 0.689. The molecule has 0 atom stereocenters. The van der Waals surface area contributed by atoms with Crippen LogP contribution in [0.15, 0.2) is 48.5 Å². The van der Waals surface area contributed by atoms with Crippen LogP contribution < -0.4 is 5.32 Å². The fraction of sp³-hybridized carbons (Fsp3) is 0.227. The molecule has 3 aromatic rings. The molecule has 1 aromatic heterocycles. The molecule has 0 radical (unpaired) electrons. The van der Waals surface area contributed by atoms with Gasteiger partial charge in [-0.25, -0.2) is 4.79 Å². The highest BCUT2D eigenvalue weighted by molar-refractivity contribution is 7.21. The average molecular weight is 395 g/mol. The zero-order valence-corrected chi connectivity index (χ0v) is 16.6. The Bertz CT molecular complexity index is 1020. The second-order valence-corrected chi connectivity index (χ2v) is 7.53. The van der Waals surface area contributed by atoms with E-state index in [1.54, 1.807) is 12.1 Å². The first-order valence-electron chi connectivity index (χ1n) is 8.97. The maximum atomic E-state index is 12.4. The van der Waals surface area contributed by atoms with E-state index >= 15 is 0 Å². The minimum Gasteiger partial charge on any atom is -0.453 e. The summed E-state index contributed by atoms with van der Waals surface area (Å²) in [5.74, 6) is -0.790. The maximum absolute atomic E-state index is 12.4.